The van der Waals surface area contributed by atoms with E-state index in [0.717, 1.165) is 11.1 Å². The van der Waals surface area contributed by atoms with Crippen LogP contribution in [0.15, 0.2) is 88.5 Å². The summed E-state index contributed by atoms with van der Waals surface area (Å²) in [5, 5.41) is 3.39. The molecule has 0 aliphatic carbocycles. The third kappa shape index (κ3) is 4.59. The fraction of sp³-hybridized carbons (Fsp3) is 0.125. The number of halogens is 1. The molecule has 0 spiro atoms. The highest BCUT2D eigenvalue weighted by Gasteiger charge is 2.15. The number of hydrogen-bond acceptors (Lipinski definition) is 3. The number of hydrogen-bond donors (Lipinski definition) is 1. The topological polar surface area (TPSA) is 73.1 Å². The van der Waals surface area contributed by atoms with Gasteiger partial charge in [-0.1, -0.05) is 66.2 Å². The lowest BCUT2D eigenvalue weighted by Gasteiger charge is -2.15. The zero-order valence-corrected chi connectivity index (χ0v) is 17.4. The Morgan fingerprint density at radius 3 is 2.00 bits per heavy atom. The first-order valence-electron chi connectivity index (χ1n) is 9.80. The second-order valence-corrected chi connectivity index (χ2v) is 7.60. The van der Waals surface area contributed by atoms with Crippen molar-refractivity contribution in [3.05, 3.63) is 116 Å². The number of fused-ring (bicyclic) bond motifs is 1. The molecular weight excluding hydrogens is 414 g/mol. The smallest absolute Gasteiger partial charge is 0.317 e. The van der Waals surface area contributed by atoms with Gasteiger partial charge in [-0.2, -0.15) is 0 Å². The van der Waals surface area contributed by atoms with Gasteiger partial charge in [0, 0.05) is 11.6 Å². The lowest BCUT2D eigenvalue weighted by Crippen LogP contribution is -2.44. The summed E-state index contributed by atoms with van der Waals surface area (Å²) >= 11 is 5.94. The van der Waals surface area contributed by atoms with Crippen LogP contribution in [0.25, 0.3) is 11.0 Å². The highest BCUT2D eigenvalue weighted by Crippen LogP contribution is 2.14. The predicted octanol–water partition coefficient (Wildman–Crippen LogP) is 3.18. The minimum Gasteiger partial charge on any atom is -0.350 e. The van der Waals surface area contributed by atoms with E-state index in [0.29, 0.717) is 22.6 Å². The number of carbonyl (C=O) groups excluding carboxylic acids is 1. The van der Waals surface area contributed by atoms with Gasteiger partial charge in [0.1, 0.15) is 6.54 Å². The van der Waals surface area contributed by atoms with E-state index in [1.807, 2.05) is 42.5 Å². The Bertz CT molecular complexity index is 1340. The Balaban J connectivity index is 1.66. The maximum atomic E-state index is 12.9. The molecule has 0 aliphatic heterocycles. The summed E-state index contributed by atoms with van der Waals surface area (Å²) in [5.74, 6) is -0.342. The van der Waals surface area contributed by atoms with Crippen molar-refractivity contribution in [1.29, 1.82) is 0 Å². The van der Waals surface area contributed by atoms with E-state index in [9.17, 15) is 14.4 Å². The summed E-state index contributed by atoms with van der Waals surface area (Å²) in [6.07, 6.45) is 0. The molecule has 3 aromatic carbocycles. The van der Waals surface area contributed by atoms with Crippen LogP contribution in [0.1, 0.15) is 11.1 Å². The van der Waals surface area contributed by atoms with Crippen LogP contribution in [0, 0.1) is 0 Å². The second-order valence-electron chi connectivity index (χ2n) is 7.16. The summed E-state index contributed by atoms with van der Waals surface area (Å²) in [7, 11) is 0. The maximum Gasteiger partial charge on any atom is 0.317 e. The molecule has 1 aromatic heterocycles. The van der Waals surface area contributed by atoms with Gasteiger partial charge in [-0.05, 0) is 35.4 Å². The van der Waals surface area contributed by atoms with Crippen LogP contribution in [0.4, 0.5) is 0 Å². The molecule has 0 saturated heterocycles. The Labute approximate surface area is 183 Å². The molecule has 6 nitrogen and oxygen atoms in total. The third-order valence-electron chi connectivity index (χ3n) is 5.02. The number of amides is 1. The molecule has 0 fully saturated rings. The van der Waals surface area contributed by atoms with Crippen molar-refractivity contribution in [3.63, 3.8) is 0 Å². The zero-order valence-electron chi connectivity index (χ0n) is 16.6. The maximum absolute atomic E-state index is 12.9. The SMILES string of the molecule is O=C(Cn1c(=O)c(=O)n(Cc2ccc(Cl)cc2)c2ccccc21)NCc1ccccc1. The van der Waals surface area contributed by atoms with Crippen molar-refractivity contribution in [3.8, 4) is 0 Å². The van der Waals surface area contributed by atoms with Gasteiger partial charge in [0.25, 0.3) is 0 Å². The summed E-state index contributed by atoms with van der Waals surface area (Å²) < 4.78 is 2.66. The molecule has 4 aromatic rings. The van der Waals surface area contributed by atoms with E-state index in [1.165, 1.54) is 9.13 Å². The van der Waals surface area contributed by atoms with Gasteiger partial charge >= 0.3 is 11.1 Å². The first kappa shape index (κ1) is 20.6. The van der Waals surface area contributed by atoms with Crippen LogP contribution in [0.3, 0.4) is 0 Å². The summed E-state index contributed by atoms with van der Waals surface area (Å²) in [5.41, 5.74) is 1.49. The van der Waals surface area contributed by atoms with Crippen LogP contribution in [-0.4, -0.2) is 15.0 Å². The number of para-hydroxylation sites is 2. The molecule has 1 amide bonds. The number of benzene rings is 3. The summed E-state index contributed by atoms with van der Waals surface area (Å²) in [6.45, 7) is 0.343. The van der Waals surface area contributed by atoms with Crippen molar-refractivity contribution in [1.82, 2.24) is 14.5 Å². The monoisotopic (exact) mass is 433 g/mol. The summed E-state index contributed by atoms with van der Waals surface area (Å²) in [4.78, 5) is 38.3. The summed E-state index contributed by atoms with van der Waals surface area (Å²) in [6, 6.07) is 23.7. The molecule has 1 heterocycles. The number of carbonyl (C=O) groups is 1. The van der Waals surface area contributed by atoms with E-state index in [2.05, 4.69) is 5.32 Å². The van der Waals surface area contributed by atoms with Crippen molar-refractivity contribution < 1.29 is 4.79 Å². The molecule has 0 radical (unpaired) electrons. The van der Waals surface area contributed by atoms with Gasteiger partial charge in [-0.3, -0.25) is 23.5 Å². The Hall–Kier alpha value is -3.64. The normalized spacial score (nSPS) is 10.9. The molecule has 156 valence electrons. The minimum absolute atomic E-state index is 0.229. The molecule has 31 heavy (non-hydrogen) atoms. The first-order valence-corrected chi connectivity index (χ1v) is 10.2. The number of rotatable bonds is 6. The van der Waals surface area contributed by atoms with Crippen molar-refractivity contribution in [2.24, 2.45) is 0 Å². The molecule has 0 saturated carbocycles. The van der Waals surface area contributed by atoms with Crippen LogP contribution in [0.5, 0.6) is 0 Å². The van der Waals surface area contributed by atoms with Gasteiger partial charge in [0.05, 0.1) is 17.6 Å². The van der Waals surface area contributed by atoms with Crippen molar-refractivity contribution in [2.45, 2.75) is 19.6 Å². The molecular formula is C24H20ClN3O3. The number of aromatic nitrogens is 2. The van der Waals surface area contributed by atoms with Gasteiger partial charge < -0.3 is 5.32 Å². The zero-order chi connectivity index (χ0) is 21.8. The van der Waals surface area contributed by atoms with E-state index in [1.54, 1.807) is 36.4 Å². The lowest BCUT2D eigenvalue weighted by atomic mass is 10.2. The lowest BCUT2D eigenvalue weighted by molar-refractivity contribution is -0.121. The van der Waals surface area contributed by atoms with Crippen LogP contribution >= 0.6 is 11.6 Å². The fourth-order valence-electron chi connectivity index (χ4n) is 3.45. The second kappa shape index (κ2) is 9.02. The highest BCUT2D eigenvalue weighted by molar-refractivity contribution is 6.30. The van der Waals surface area contributed by atoms with Gasteiger partial charge in [0.2, 0.25) is 5.91 Å². The van der Waals surface area contributed by atoms with Gasteiger partial charge in [-0.25, -0.2) is 0 Å². The molecule has 0 atom stereocenters. The van der Waals surface area contributed by atoms with E-state index >= 15 is 0 Å². The third-order valence-corrected chi connectivity index (χ3v) is 5.28. The number of nitrogens with one attached hydrogen (secondary N) is 1. The molecule has 0 aliphatic rings. The predicted molar refractivity (Wildman–Crippen MR) is 121 cm³/mol. The molecule has 7 heteroatoms. The Morgan fingerprint density at radius 1 is 0.742 bits per heavy atom. The average Bonchev–Trinajstić information content (AvgIpc) is 2.80. The molecule has 4 rings (SSSR count). The fourth-order valence-corrected chi connectivity index (χ4v) is 3.58. The van der Waals surface area contributed by atoms with Gasteiger partial charge in [0.15, 0.2) is 0 Å². The van der Waals surface area contributed by atoms with Crippen molar-refractivity contribution in [2.75, 3.05) is 0 Å². The average molecular weight is 434 g/mol. The van der Waals surface area contributed by atoms with Crippen LogP contribution in [0.2, 0.25) is 5.02 Å². The standard InChI is InChI=1S/C24H20ClN3O3/c25-19-12-10-18(11-13-19)15-27-20-8-4-5-9-21(20)28(24(31)23(27)30)16-22(29)26-14-17-6-2-1-3-7-17/h1-13H,14-16H2,(H,26,29). The Morgan fingerprint density at radius 2 is 1.32 bits per heavy atom. The largest absolute Gasteiger partial charge is 0.350 e. The minimum atomic E-state index is -0.734. The van der Waals surface area contributed by atoms with Crippen LogP contribution in [-0.2, 0) is 24.4 Å². The molecule has 1 N–H and O–H groups in total. The van der Waals surface area contributed by atoms with Crippen molar-refractivity contribution >= 4 is 28.5 Å². The van der Waals surface area contributed by atoms with E-state index in [-0.39, 0.29) is 19.0 Å². The van der Waals surface area contributed by atoms with Crippen LogP contribution < -0.4 is 16.4 Å². The number of nitrogens with zero attached hydrogens (tertiary/aromatic N) is 2. The van der Waals surface area contributed by atoms with Gasteiger partial charge in [-0.15, -0.1) is 0 Å². The van der Waals surface area contributed by atoms with E-state index in [4.69, 9.17) is 11.6 Å². The van der Waals surface area contributed by atoms with E-state index < -0.39 is 11.1 Å². The molecule has 0 unspecified atom stereocenters. The quantitative estimate of drug-likeness (QED) is 0.475. The molecule has 0 bridgehead atoms. The Kier molecular flexibility index (Phi) is 6.00. The highest BCUT2D eigenvalue weighted by atomic mass is 35.5. The first-order chi connectivity index (χ1) is 15.0.